The molecule has 1 aliphatic rings. The van der Waals surface area contributed by atoms with Gasteiger partial charge in [-0.25, -0.2) is 4.90 Å². The van der Waals surface area contributed by atoms with Crippen molar-refractivity contribution >= 4 is 23.4 Å². The molecule has 0 radical (unpaired) electrons. The average molecular weight is 409 g/mol. The van der Waals surface area contributed by atoms with Crippen LogP contribution in [0.5, 0.6) is 5.75 Å². The Balaban J connectivity index is 2.04. The van der Waals surface area contributed by atoms with E-state index < -0.39 is 6.17 Å². The Kier molecular flexibility index (Phi) is 5.10. The normalized spacial score (nSPS) is 14.9. The second-order valence-corrected chi connectivity index (χ2v) is 7.34. The largest absolute Gasteiger partial charge is 0.494 e. The summed E-state index contributed by atoms with van der Waals surface area (Å²) in [5.74, 6) is 0.555. The molecule has 1 aromatic heterocycles. The molecule has 1 N–H and O–H groups in total. The van der Waals surface area contributed by atoms with Crippen LogP contribution in [0.15, 0.2) is 58.5 Å². The van der Waals surface area contributed by atoms with Crippen LogP contribution >= 0.6 is 11.8 Å². The average Bonchev–Trinajstić information content (AvgIpc) is 2.72. The molecule has 1 unspecified atom stereocenters. The maximum absolute atomic E-state index is 13.0. The number of ether oxygens (including phenoxy) is 1. The number of para-hydroxylation sites is 1. The minimum absolute atomic E-state index is 0.143. The molecule has 0 fully saturated rings. The smallest absolute Gasteiger partial charge is 0.325 e. The van der Waals surface area contributed by atoms with Gasteiger partial charge >= 0.3 is 11.3 Å². The first kappa shape index (κ1) is 19.2. The quantitative estimate of drug-likeness (QED) is 0.530. The SMILES string of the molecule is CCOc1cccc(C2N(C(C)=O)c3ccccc3-c3c(=O)[nH]c(SC)n[n+]32)c1. The summed E-state index contributed by atoms with van der Waals surface area (Å²) in [4.78, 5) is 30.2. The molecule has 3 aromatic rings. The number of amides is 1. The lowest BCUT2D eigenvalue weighted by molar-refractivity contribution is -0.763. The number of aromatic amines is 1. The summed E-state index contributed by atoms with van der Waals surface area (Å²) in [7, 11) is 0. The molecule has 1 atom stereocenters. The van der Waals surface area contributed by atoms with E-state index >= 15 is 0 Å². The fraction of sp³-hybridized carbons (Fsp3) is 0.238. The Morgan fingerprint density at radius 1 is 1.28 bits per heavy atom. The molecule has 0 saturated carbocycles. The number of nitrogens with one attached hydrogen (secondary N) is 1. The van der Waals surface area contributed by atoms with Gasteiger partial charge in [0.2, 0.25) is 11.1 Å². The second-order valence-electron chi connectivity index (χ2n) is 6.54. The molecule has 0 saturated heterocycles. The fourth-order valence-electron chi connectivity index (χ4n) is 3.64. The van der Waals surface area contributed by atoms with Gasteiger partial charge in [-0.3, -0.25) is 14.6 Å². The molecule has 0 aliphatic carbocycles. The minimum atomic E-state index is -0.606. The van der Waals surface area contributed by atoms with Crippen LogP contribution in [0.25, 0.3) is 11.3 Å². The molecule has 7 nitrogen and oxygen atoms in total. The van der Waals surface area contributed by atoms with Gasteiger partial charge in [0, 0.05) is 17.6 Å². The van der Waals surface area contributed by atoms with Gasteiger partial charge in [-0.05, 0) is 48.2 Å². The maximum atomic E-state index is 13.0. The molecule has 29 heavy (non-hydrogen) atoms. The van der Waals surface area contributed by atoms with E-state index in [4.69, 9.17) is 4.74 Å². The number of anilines is 1. The van der Waals surface area contributed by atoms with E-state index in [1.807, 2.05) is 61.7 Å². The first-order chi connectivity index (χ1) is 14.0. The lowest BCUT2D eigenvalue weighted by Crippen LogP contribution is -2.60. The predicted octanol–water partition coefficient (Wildman–Crippen LogP) is 2.76. The number of hydrogen-bond donors (Lipinski definition) is 1. The third kappa shape index (κ3) is 3.29. The molecular formula is C21H21N4O3S+. The third-order valence-corrected chi connectivity index (χ3v) is 5.33. The molecule has 2 aromatic carbocycles. The zero-order chi connectivity index (χ0) is 20.5. The van der Waals surface area contributed by atoms with E-state index in [0.717, 1.165) is 5.56 Å². The topological polar surface area (TPSA) is 79.2 Å². The van der Waals surface area contributed by atoms with E-state index in [-0.39, 0.29) is 11.5 Å². The van der Waals surface area contributed by atoms with Gasteiger partial charge in [-0.2, -0.15) is 0 Å². The summed E-state index contributed by atoms with van der Waals surface area (Å²) < 4.78 is 7.29. The van der Waals surface area contributed by atoms with E-state index in [9.17, 15) is 9.59 Å². The second kappa shape index (κ2) is 7.71. The van der Waals surface area contributed by atoms with Gasteiger partial charge in [0.1, 0.15) is 5.75 Å². The number of fused-ring (bicyclic) bond motifs is 3. The minimum Gasteiger partial charge on any atom is -0.494 e. The number of benzene rings is 2. The summed E-state index contributed by atoms with van der Waals surface area (Å²) in [6.07, 6.45) is 1.24. The Hall–Kier alpha value is -3.13. The van der Waals surface area contributed by atoms with Crippen molar-refractivity contribution in [1.29, 1.82) is 0 Å². The molecule has 1 aliphatic heterocycles. The van der Waals surface area contributed by atoms with Gasteiger partial charge in [0.15, 0.2) is 0 Å². The molecule has 1 amide bonds. The summed E-state index contributed by atoms with van der Waals surface area (Å²) in [5.41, 5.74) is 2.32. The Morgan fingerprint density at radius 3 is 2.79 bits per heavy atom. The Labute approximate surface area is 172 Å². The third-order valence-electron chi connectivity index (χ3n) is 4.76. The fourth-order valence-corrected chi connectivity index (χ4v) is 4.00. The highest BCUT2D eigenvalue weighted by molar-refractivity contribution is 7.98. The maximum Gasteiger partial charge on any atom is 0.325 e. The first-order valence-electron chi connectivity index (χ1n) is 9.27. The summed E-state index contributed by atoms with van der Waals surface area (Å²) in [6, 6.07) is 14.9. The monoisotopic (exact) mass is 409 g/mol. The van der Waals surface area contributed by atoms with Crippen molar-refractivity contribution in [1.82, 2.24) is 10.1 Å². The van der Waals surface area contributed by atoms with Crippen LogP contribution in [-0.2, 0) is 4.79 Å². The molecule has 8 heteroatoms. The van der Waals surface area contributed by atoms with Crippen molar-refractivity contribution in [2.45, 2.75) is 25.2 Å². The van der Waals surface area contributed by atoms with Crippen molar-refractivity contribution in [2.24, 2.45) is 0 Å². The van der Waals surface area contributed by atoms with Gasteiger partial charge in [-0.15, -0.1) is 0 Å². The molecular weight excluding hydrogens is 388 g/mol. The van der Waals surface area contributed by atoms with Crippen LogP contribution < -0.4 is 19.9 Å². The van der Waals surface area contributed by atoms with Crippen LogP contribution in [0.4, 0.5) is 5.69 Å². The first-order valence-corrected chi connectivity index (χ1v) is 10.5. The number of thioether (sulfide) groups is 1. The van der Waals surface area contributed by atoms with Gasteiger partial charge in [-0.1, -0.05) is 30.0 Å². The molecule has 148 valence electrons. The van der Waals surface area contributed by atoms with Gasteiger partial charge in [0.25, 0.3) is 6.17 Å². The van der Waals surface area contributed by atoms with Crippen LogP contribution in [0.1, 0.15) is 25.6 Å². The van der Waals surface area contributed by atoms with Crippen molar-refractivity contribution in [3.63, 3.8) is 0 Å². The van der Waals surface area contributed by atoms with Crippen molar-refractivity contribution < 1.29 is 14.2 Å². The lowest BCUT2D eigenvalue weighted by atomic mass is 10.0. The molecule has 0 spiro atoms. The van der Waals surface area contributed by atoms with E-state index in [1.54, 1.807) is 9.58 Å². The summed E-state index contributed by atoms with van der Waals surface area (Å²) in [6.45, 7) is 3.97. The summed E-state index contributed by atoms with van der Waals surface area (Å²) in [5, 5.41) is 5.13. The molecule has 0 bridgehead atoms. The van der Waals surface area contributed by atoms with Crippen molar-refractivity contribution in [3.05, 3.63) is 64.4 Å². The number of aromatic nitrogens is 3. The van der Waals surface area contributed by atoms with E-state index in [2.05, 4.69) is 10.1 Å². The number of carbonyl (C=O) groups is 1. The number of rotatable bonds is 4. The Bertz CT molecular complexity index is 1140. The van der Waals surface area contributed by atoms with Crippen molar-refractivity contribution in [3.8, 4) is 17.0 Å². The van der Waals surface area contributed by atoms with Crippen molar-refractivity contribution in [2.75, 3.05) is 17.8 Å². The zero-order valence-electron chi connectivity index (χ0n) is 16.4. The predicted molar refractivity (Wildman–Crippen MR) is 111 cm³/mol. The highest BCUT2D eigenvalue weighted by atomic mass is 32.2. The number of nitrogens with zero attached hydrogens (tertiary/aromatic N) is 3. The summed E-state index contributed by atoms with van der Waals surface area (Å²) >= 11 is 1.34. The van der Waals surface area contributed by atoms with Crippen LogP contribution in [0, 0.1) is 0 Å². The Morgan fingerprint density at radius 2 is 2.07 bits per heavy atom. The van der Waals surface area contributed by atoms with Crippen LogP contribution in [-0.4, -0.2) is 28.9 Å². The highest BCUT2D eigenvalue weighted by Gasteiger charge is 2.44. The van der Waals surface area contributed by atoms with Gasteiger partial charge in [0.05, 0.1) is 17.9 Å². The number of H-pyrrole nitrogens is 1. The van der Waals surface area contributed by atoms with E-state index in [1.165, 1.54) is 18.7 Å². The molecule has 2 heterocycles. The standard InChI is InChI=1S/C21H20N4O3S/c1-4-28-15-9-7-8-14(12-15)20-24(13(2)26)17-11-6-5-10-16(17)18-19(27)22-21(29-3)23-25(18)20/h5-12,20H,4H2,1-3H3/p+1. The van der Waals surface area contributed by atoms with Gasteiger partial charge < -0.3 is 4.74 Å². The van der Waals surface area contributed by atoms with Crippen LogP contribution in [0.3, 0.4) is 0 Å². The number of carbonyl (C=O) groups excluding carboxylic acids is 1. The highest BCUT2D eigenvalue weighted by Crippen LogP contribution is 2.37. The molecule has 4 rings (SSSR count). The van der Waals surface area contributed by atoms with Crippen LogP contribution in [0.2, 0.25) is 0 Å². The van der Waals surface area contributed by atoms with E-state index in [0.29, 0.717) is 34.5 Å². The lowest BCUT2D eigenvalue weighted by Gasteiger charge is -2.31. The number of hydrogen-bond acceptors (Lipinski definition) is 5. The zero-order valence-corrected chi connectivity index (χ0v) is 17.2.